The molecule has 0 aliphatic rings. The average Bonchev–Trinajstić information content (AvgIpc) is 3.52. The minimum absolute atomic E-state index is 0.0514. The number of esters is 1. The maximum Gasteiger partial charge on any atom is 0.342 e. The molecule has 4 aromatic rings. The maximum atomic E-state index is 12.4. The van der Waals surface area contributed by atoms with E-state index in [1.165, 1.54) is 23.5 Å². The number of hydrogen-bond donors (Lipinski definition) is 3. The van der Waals surface area contributed by atoms with Gasteiger partial charge in [-0.1, -0.05) is 34.1 Å². The molecule has 0 unspecified atom stereocenters. The lowest BCUT2D eigenvalue weighted by Gasteiger charge is -2.10. The number of phenolic OH excluding ortho intramolecular Hbond substituents is 1. The van der Waals surface area contributed by atoms with Crippen LogP contribution < -0.4 is 10.0 Å². The molecular weight excluding hydrogens is 578 g/mol. The molecule has 2 aromatic heterocycles. The number of sulfonamides is 1. The summed E-state index contributed by atoms with van der Waals surface area (Å²) in [6.07, 6.45) is 0. The van der Waals surface area contributed by atoms with E-state index in [0.29, 0.717) is 10.8 Å². The third kappa shape index (κ3) is 6.25. The number of phenols is 1. The molecule has 9 nitrogen and oxygen atoms in total. The second-order valence-corrected chi connectivity index (χ2v) is 11.6. The van der Waals surface area contributed by atoms with E-state index in [-0.39, 0.29) is 15.5 Å². The van der Waals surface area contributed by atoms with Gasteiger partial charge in [0.05, 0.1) is 5.69 Å². The topological polar surface area (TPSA) is 135 Å². The summed E-state index contributed by atoms with van der Waals surface area (Å²) >= 11 is 5.65. The fourth-order valence-corrected chi connectivity index (χ4v) is 6.04. The number of aromatic hydroxyl groups is 1. The number of halogens is 1. The standard InChI is InChI=1S/C22H16BrN3O6S3/c23-14-4-1-3-13(9-14)17-12-34-22(24-17)25-19(28)11-32-21(29)16-10-15(6-7-18(16)27)26-35(30,31)20-5-2-8-33-20/h1-10,12,26-27H,11H2,(H,24,25,28). The molecule has 0 bridgehead atoms. The minimum Gasteiger partial charge on any atom is -0.507 e. The van der Waals surface area contributed by atoms with Crippen molar-refractivity contribution in [3.05, 3.63) is 75.4 Å². The normalized spacial score (nSPS) is 11.1. The van der Waals surface area contributed by atoms with Crippen LogP contribution in [0.5, 0.6) is 5.75 Å². The Morgan fingerprint density at radius 2 is 1.91 bits per heavy atom. The van der Waals surface area contributed by atoms with E-state index in [9.17, 15) is 23.1 Å². The average molecular weight is 594 g/mol. The summed E-state index contributed by atoms with van der Waals surface area (Å²) in [5.74, 6) is -2.04. The first kappa shape index (κ1) is 24.9. The lowest BCUT2D eigenvalue weighted by atomic mass is 10.2. The number of aromatic nitrogens is 1. The quantitative estimate of drug-likeness (QED) is 0.194. The molecule has 0 aliphatic heterocycles. The molecule has 0 fully saturated rings. The van der Waals surface area contributed by atoms with Crippen LogP contribution in [0.4, 0.5) is 10.8 Å². The van der Waals surface area contributed by atoms with Crippen molar-refractivity contribution < 1.29 is 27.9 Å². The van der Waals surface area contributed by atoms with Crippen LogP contribution in [0.3, 0.4) is 0 Å². The Kier molecular flexibility index (Phi) is 7.50. The van der Waals surface area contributed by atoms with Gasteiger partial charge < -0.3 is 9.84 Å². The zero-order chi connectivity index (χ0) is 25.0. The zero-order valence-corrected chi connectivity index (χ0v) is 21.6. The molecule has 0 atom stereocenters. The molecule has 3 N–H and O–H groups in total. The number of amides is 1. The number of anilines is 2. The highest BCUT2D eigenvalue weighted by atomic mass is 79.9. The number of rotatable bonds is 8. The predicted molar refractivity (Wildman–Crippen MR) is 137 cm³/mol. The summed E-state index contributed by atoms with van der Waals surface area (Å²) in [6.45, 7) is -0.630. The SMILES string of the molecule is O=C(COC(=O)c1cc(NS(=O)(=O)c2cccs2)ccc1O)Nc1nc(-c2cccc(Br)c2)cs1. The molecule has 0 aliphatic carbocycles. The number of carbonyl (C=O) groups excluding carboxylic acids is 2. The second kappa shape index (κ2) is 10.6. The fourth-order valence-electron chi connectivity index (χ4n) is 2.86. The van der Waals surface area contributed by atoms with Crippen LogP contribution >= 0.6 is 38.6 Å². The molecule has 13 heteroatoms. The van der Waals surface area contributed by atoms with Gasteiger partial charge in [0.15, 0.2) is 11.7 Å². The van der Waals surface area contributed by atoms with Crippen molar-refractivity contribution in [3.8, 4) is 17.0 Å². The van der Waals surface area contributed by atoms with Crippen molar-refractivity contribution in [1.82, 2.24) is 4.98 Å². The Balaban J connectivity index is 1.37. The van der Waals surface area contributed by atoms with Crippen LogP contribution in [0.1, 0.15) is 10.4 Å². The monoisotopic (exact) mass is 593 g/mol. The first-order valence-corrected chi connectivity index (χ1v) is 13.8. The summed E-state index contributed by atoms with van der Waals surface area (Å²) in [7, 11) is -3.84. The van der Waals surface area contributed by atoms with Crippen LogP contribution in [0, 0.1) is 0 Å². The van der Waals surface area contributed by atoms with Gasteiger partial charge in [0.2, 0.25) is 0 Å². The van der Waals surface area contributed by atoms with Crippen LogP contribution in [0.25, 0.3) is 11.3 Å². The molecule has 1 amide bonds. The highest BCUT2D eigenvalue weighted by Crippen LogP contribution is 2.28. The molecule has 4 rings (SSSR count). The molecule has 0 radical (unpaired) electrons. The van der Waals surface area contributed by atoms with E-state index < -0.39 is 34.3 Å². The van der Waals surface area contributed by atoms with Crippen molar-refractivity contribution >= 4 is 71.3 Å². The van der Waals surface area contributed by atoms with Gasteiger partial charge in [0, 0.05) is 21.1 Å². The fraction of sp³-hybridized carbons (Fsp3) is 0.0455. The number of hydrogen-bond acceptors (Lipinski definition) is 9. The molecular formula is C22H16BrN3O6S3. The number of benzene rings is 2. The van der Waals surface area contributed by atoms with E-state index in [4.69, 9.17) is 4.74 Å². The van der Waals surface area contributed by atoms with E-state index in [0.717, 1.165) is 33.5 Å². The molecule has 0 spiro atoms. The third-order valence-electron chi connectivity index (χ3n) is 4.43. The smallest absolute Gasteiger partial charge is 0.342 e. The number of thiazole rings is 1. The molecule has 35 heavy (non-hydrogen) atoms. The van der Waals surface area contributed by atoms with Crippen LogP contribution in [0.2, 0.25) is 0 Å². The van der Waals surface area contributed by atoms with Gasteiger partial charge in [-0.2, -0.15) is 0 Å². The van der Waals surface area contributed by atoms with Crippen molar-refractivity contribution in [2.75, 3.05) is 16.6 Å². The maximum absolute atomic E-state index is 12.4. The van der Waals surface area contributed by atoms with Crippen LogP contribution in [-0.2, 0) is 19.6 Å². The predicted octanol–water partition coefficient (Wildman–Crippen LogP) is 4.94. The zero-order valence-electron chi connectivity index (χ0n) is 17.6. The van der Waals surface area contributed by atoms with Crippen molar-refractivity contribution in [2.24, 2.45) is 0 Å². The van der Waals surface area contributed by atoms with Crippen LogP contribution in [-0.4, -0.2) is 37.0 Å². The summed E-state index contributed by atoms with van der Waals surface area (Å²) in [5.41, 5.74) is 1.30. The number of thiophene rings is 1. The molecule has 2 aromatic carbocycles. The van der Waals surface area contributed by atoms with Crippen molar-refractivity contribution in [3.63, 3.8) is 0 Å². The Bertz CT molecular complexity index is 1490. The number of carbonyl (C=O) groups is 2. The number of ether oxygens (including phenoxy) is 1. The Hall–Kier alpha value is -3.26. The minimum atomic E-state index is -3.84. The number of nitrogens with one attached hydrogen (secondary N) is 2. The highest BCUT2D eigenvalue weighted by Gasteiger charge is 2.19. The number of nitrogens with zero attached hydrogens (tertiary/aromatic N) is 1. The molecule has 0 saturated carbocycles. The van der Waals surface area contributed by atoms with Gasteiger partial charge in [-0.15, -0.1) is 22.7 Å². The Morgan fingerprint density at radius 3 is 2.66 bits per heavy atom. The molecule has 0 saturated heterocycles. The first-order valence-electron chi connectivity index (χ1n) is 9.79. The largest absolute Gasteiger partial charge is 0.507 e. The molecule has 180 valence electrons. The Morgan fingerprint density at radius 1 is 1.09 bits per heavy atom. The van der Waals surface area contributed by atoms with Gasteiger partial charge in [0.1, 0.15) is 15.5 Å². The first-order chi connectivity index (χ1) is 16.7. The summed E-state index contributed by atoms with van der Waals surface area (Å²) < 4.78 is 33.1. The van der Waals surface area contributed by atoms with Crippen molar-refractivity contribution in [1.29, 1.82) is 0 Å². The van der Waals surface area contributed by atoms with Crippen LogP contribution in [0.15, 0.2) is 74.0 Å². The van der Waals surface area contributed by atoms with E-state index in [1.54, 1.807) is 16.8 Å². The van der Waals surface area contributed by atoms with Gasteiger partial charge in [-0.25, -0.2) is 18.2 Å². The van der Waals surface area contributed by atoms with Gasteiger partial charge in [0.25, 0.3) is 15.9 Å². The van der Waals surface area contributed by atoms with E-state index in [1.807, 2.05) is 24.3 Å². The van der Waals surface area contributed by atoms with Gasteiger partial charge in [-0.3, -0.25) is 14.8 Å². The molecule has 2 heterocycles. The summed E-state index contributed by atoms with van der Waals surface area (Å²) in [6, 6.07) is 14.1. The van der Waals surface area contributed by atoms with E-state index >= 15 is 0 Å². The third-order valence-corrected chi connectivity index (χ3v) is 8.46. The van der Waals surface area contributed by atoms with E-state index in [2.05, 4.69) is 31.0 Å². The lowest BCUT2D eigenvalue weighted by Crippen LogP contribution is -2.21. The van der Waals surface area contributed by atoms with Gasteiger partial charge in [-0.05, 0) is 41.8 Å². The lowest BCUT2D eigenvalue weighted by molar-refractivity contribution is -0.119. The summed E-state index contributed by atoms with van der Waals surface area (Å²) in [4.78, 5) is 29.0. The highest BCUT2D eigenvalue weighted by molar-refractivity contribution is 9.10. The second-order valence-electron chi connectivity index (χ2n) is 6.94. The van der Waals surface area contributed by atoms with Gasteiger partial charge >= 0.3 is 5.97 Å². The Labute approximate surface area is 216 Å². The van der Waals surface area contributed by atoms with Crippen molar-refractivity contribution in [2.45, 2.75) is 4.21 Å². The summed E-state index contributed by atoms with van der Waals surface area (Å²) in [5, 5.41) is 16.3.